The van der Waals surface area contributed by atoms with Crippen molar-refractivity contribution in [2.75, 3.05) is 18.5 Å². The lowest BCUT2D eigenvalue weighted by atomic mass is 10.2. The van der Waals surface area contributed by atoms with Gasteiger partial charge in [-0.05, 0) is 24.6 Å². The van der Waals surface area contributed by atoms with E-state index < -0.39 is 6.09 Å². The molecule has 0 fully saturated rings. The fourth-order valence-electron chi connectivity index (χ4n) is 2.38. The lowest BCUT2D eigenvalue weighted by Gasteiger charge is -2.23. The van der Waals surface area contributed by atoms with Gasteiger partial charge in [-0.25, -0.2) is 4.79 Å². The first-order chi connectivity index (χ1) is 12.7. The van der Waals surface area contributed by atoms with Crippen molar-refractivity contribution in [3.05, 3.63) is 54.1 Å². The second-order valence-corrected chi connectivity index (χ2v) is 6.76. The van der Waals surface area contributed by atoms with E-state index in [1.165, 1.54) is 11.8 Å². The minimum absolute atomic E-state index is 0.200. The molecule has 7 heteroatoms. The smallest absolute Gasteiger partial charge is 0.411 e. The van der Waals surface area contributed by atoms with Crippen LogP contribution in [0.1, 0.15) is 12.5 Å². The molecule has 3 rings (SSSR count). The number of anilines is 1. The van der Waals surface area contributed by atoms with Crippen LogP contribution < -0.4 is 10.1 Å². The average Bonchev–Trinajstić information content (AvgIpc) is 2.67. The van der Waals surface area contributed by atoms with E-state index in [4.69, 9.17) is 14.2 Å². The number of thioether (sulfide) groups is 1. The van der Waals surface area contributed by atoms with Crippen molar-refractivity contribution in [2.24, 2.45) is 0 Å². The van der Waals surface area contributed by atoms with Crippen molar-refractivity contribution >= 4 is 29.5 Å². The number of hydrogen-bond donors (Lipinski definition) is 1. The molecule has 1 atom stereocenters. The molecule has 2 aromatic carbocycles. The fraction of sp³-hybridized carbons (Fsp3) is 0.263. The molecule has 1 aliphatic heterocycles. The SMILES string of the molecule is CCOC(=O)C1COc2cc(NC(=O)OCc3ccccc3)ccc2S1. The molecule has 6 nitrogen and oxygen atoms in total. The Morgan fingerprint density at radius 3 is 2.77 bits per heavy atom. The minimum Gasteiger partial charge on any atom is -0.491 e. The number of fused-ring (bicyclic) bond motifs is 1. The van der Waals surface area contributed by atoms with Crippen LogP contribution in [0.25, 0.3) is 0 Å². The van der Waals surface area contributed by atoms with Gasteiger partial charge in [0.25, 0.3) is 0 Å². The fourth-order valence-corrected chi connectivity index (χ4v) is 3.36. The highest BCUT2D eigenvalue weighted by Crippen LogP contribution is 2.39. The number of benzene rings is 2. The molecule has 1 heterocycles. The topological polar surface area (TPSA) is 73.9 Å². The third-order valence-electron chi connectivity index (χ3n) is 3.61. The first-order valence-electron chi connectivity index (χ1n) is 8.23. The van der Waals surface area contributed by atoms with Crippen LogP contribution in [0.3, 0.4) is 0 Å². The van der Waals surface area contributed by atoms with Crippen LogP contribution in [0.4, 0.5) is 10.5 Å². The molecule has 1 aliphatic rings. The molecule has 0 saturated carbocycles. The second kappa shape index (κ2) is 8.62. The maximum absolute atomic E-state index is 11.9. The summed E-state index contributed by atoms with van der Waals surface area (Å²) in [7, 11) is 0. The Kier molecular flexibility index (Phi) is 6.01. The quantitative estimate of drug-likeness (QED) is 0.803. The van der Waals surface area contributed by atoms with Crippen molar-refractivity contribution in [3.63, 3.8) is 0 Å². The first kappa shape index (κ1) is 18.1. The Balaban J connectivity index is 1.56. The Morgan fingerprint density at radius 2 is 2.00 bits per heavy atom. The first-order valence-corrected chi connectivity index (χ1v) is 9.11. The van der Waals surface area contributed by atoms with Crippen molar-refractivity contribution in [2.45, 2.75) is 23.7 Å². The highest BCUT2D eigenvalue weighted by molar-refractivity contribution is 8.00. The Labute approximate surface area is 155 Å². The van der Waals surface area contributed by atoms with Crippen molar-refractivity contribution in [1.29, 1.82) is 0 Å². The molecule has 0 spiro atoms. The second-order valence-electron chi connectivity index (χ2n) is 5.52. The molecule has 0 saturated heterocycles. The van der Waals surface area contributed by atoms with Crippen LogP contribution in [-0.2, 0) is 20.9 Å². The zero-order chi connectivity index (χ0) is 18.4. The van der Waals surface area contributed by atoms with Crippen LogP contribution in [0.15, 0.2) is 53.4 Å². The lowest BCUT2D eigenvalue weighted by Crippen LogP contribution is -2.29. The van der Waals surface area contributed by atoms with Crippen molar-refractivity contribution < 1.29 is 23.8 Å². The summed E-state index contributed by atoms with van der Waals surface area (Å²) in [4.78, 5) is 24.6. The Morgan fingerprint density at radius 1 is 1.19 bits per heavy atom. The number of carbonyl (C=O) groups is 2. The third kappa shape index (κ3) is 4.70. The number of esters is 1. The number of hydrogen-bond acceptors (Lipinski definition) is 6. The van der Waals surface area contributed by atoms with E-state index in [1.54, 1.807) is 25.1 Å². The van der Waals surface area contributed by atoms with E-state index in [9.17, 15) is 9.59 Å². The lowest BCUT2D eigenvalue weighted by molar-refractivity contribution is -0.143. The molecule has 1 unspecified atom stereocenters. The number of rotatable bonds is 5. The molecule has 0 aliphatic carbocycles. The van der Waals surface area contributed by atoms with Crippen LogP contribution in [0.5, 0.6) is 5.75 Å². The monoisotopic (exact) mass is 373 g/mol. The predicted octanol–water partition coefficient (Wildman–Crippen LogP) is 3.85. The van der Waals surface area contributed by atoms with Gasteiger partial charge in [0.15, 0.2) is 0 Å². The zero-order valence-electron chi connectivity index (χ0n) is 14.3. The number of amides is 1. The maximum Gasteiger partial charge on any atom is 0.411 e. The summed E-state index contributed by atoms with van der Waals surface area (Å²) in [6.07, 6.45) is -0.540. The van der Waals surface area contributed by atoms with Crippen LogP contribution in [0, 0.1) is 0 Å². The molecular formula is C19H19NO5S. The van der Waals surface area contributed by atoms with E-state index in [-0.39, 0.29) is 24.4 Å². The summed E-state index contributed by atoms with van der Waals surface area (Å²) >= 11 is 1.40. The van der Waals surface area contributed by atoms with Gasteiger partial charge in [0.05, 0.1) is 11.5 Å². The highest BCUT2D eigenvalue weighted by Gasteiger charge is 2.28. The van der Waals surface area contributed by atoms with Crippen LogP contribution in [0.2, 0.25) is 0 Å². The van der Waals surface area contributed by atoms with Gasteiger partial charge in [-0.15, -0.1) is 11.8 Å². The summed E-state index contributed by atoms with van der Waals surface area (Å²) in [5.74, 6) is 0.339. The average molecular weight is 373 g/mol. The summed E-state index contributed by atoms with van der Waals surface area (Å²) < 4.78 is 15.9. The summed E-state index contributed by atoms with van der Waals surface area (Å²) in [6, 6.07) is 14.7. The number of ether oxygens (including phenoxy) is 3. The van der Waals surface area contributed by atoms with Gasteiger partial charge < -0.3 is 14.2 Å². The molecule has 0 aromatic heterocycles. The van der Waals surface area contributed by atoms with Crippen LogP contribution >= 0.6 is 11.8 Å². The van der Waals surface area contributed by atoms with Gasteiger partial charge in [0.2, 0.25) is 0 Å². The summed E-state index contributed by atoms with van der Waals surface area (Å²) in [6.45, 7) is 2.55. The maximum atomic E-state index is 11.9. The van der Waals surface area contributed by atoms with Gasteiger partial charge in [0, 0.05) is 11.8 Å². The van der Waals surface area contributed by atoms with Gasteiger partial charge in [-0.3, -0.25) is 10.1 Å². The highest BCUT2D eigenvalue weighted by atomic mass is 32.2. The van der Waals surface area contributed by atoms with E-state index in [1.807, 2.05) is 30.3 Å². The predicted molar refractivity (Wildman–Crippen MR) is 98.5 cm³/mol. The zero-order valence-corrected chi connectivity index (χ0v) is 15.1. The van der Waals surface area contributed by atoms with E-state index in [0.29, 0.717) is 18.0 Å². The third-order valence-corrected chi connectivity index (χ3v) is 4.82. The molecule has 2 aromatic rings. The molecule has 0 bridgehead atoms. The molecule has 26 heavy (non-hydrogen) atoms. The standard InChI is InChI=1S/C19H19NO5S/c1-2-23-18(21)17-12-24-15-10-14(8-9-16(15)26-17)20-19(22)25-11-13-6-4-3-5-7-13/h3-10,17H,2,11-12H2,1H3,(H,20,22). The van der Waals surface area contributed by atoms with Gasteiger partial charge in [-0.2, -0.15) is 0 Å². The molecular weight excluding hydrogens is 354 g/mol. The molecule has 0 radical (unpaired) electrons. The Hall–Kier alpha value is -2.67. The number of nitrogens with one attached hydrogen (secondary N) is 1. The van der Waals surface area contributed by atoms with Crippen LogP contribution in [-0.4, -0.2) is 30.5 Å². The van der Waals surface area contributed by atoms with E-state index in [2.05, 4.69) is 5.32 Å². The van der Waals surface area contributed by atoms with Gasteiger partial charge in [-0.1, -0.05) is 30.3 Å². The van der Waals surface area contributed by atoms with Gasteiger partial charge in [0.1, 0.15) is 24.2 Å². The number of carbonyl (C=O) groups excluding carboxylic acids is 2. The van der Waals surface area contributed by atoms with E-state index >= 15 is 0 Å². The summed E-state index contributed by atoms with van der Waals surface area (Å²) in [5, 5.41) is 2.30. The van der Waals surface area contributed by atoms with Crippen molar-refractivity contribution in [1.82, 2.24) is 0 Å². The Bertz CT molecular complexity index is 781. The van der Waals surface area contributed by atoms with Gasteiger partial charge >= 0.3 is 12.1 Å². The summed E-state index contributed by atoms with van der Waals surface area (Å²) in [5.41, 5.74) is 1.48. The molecule has 1 amide bonds. The molecule has 1 N–H and O–H groups in total. The van der Waals surface area contributed by atoms with Crippen molar-refractivity contribution in [3.8, 4) is 5.75 Å². The minimum atomic E-state index is -0.540. The molecule has 136 valence electrons. The largest absolute Gasteiger partial charge is 0.491 e. The normalized spacial score (nSPS) is 15.3. The van der Waals surface area contributed by atoms with E-state index in [0.717, 1.165) is 10.5 Å².